The lowest BCUT2D eigenvalue weighted by Crippen LogP contribution is -2.23. The van der Waals surface area contributed by atoms with E-state index in [9.17, 15) is 24.1 Å². The SMILES string of the molecule is Cc1ccc([N+](=O)[O-])cc1NC(=O)C(C)Sc1cccc(NC(=O)c2ccccc2F)c1. The number of benzene rings is 3. The number of hydrogen-bond donors (Lipinski definition) is 2. The zero-order chi connectivity index (χ0) is 23.3. The second kappa shape index (κ2) is 10.1. The molecule has 1 atom stereocenters. The molecule has 3 rings (SSSR count). The van der Waals surface area contributed by atoms with Gasteiger partial charge in [0.25, 0.3) is 11.6 Å². The van der Waals surface area contributed by atoms with Crippen LogP contribution in [0.4, 0.5) is 21.5 Å². The third kappa shape index (κ3) is 5.70. The van der Waals surface area contributed by atoms with E-state index in [2.05, 4.69) is 10.6 Å². The number of nitro benzene ring substituents is 1. The number of non-ortho nitro benzene ring substituents is 1. The van der Waals surface area contributed by atoms with Crippen LogP contribution >= 0.6 is 11.8 Å². The Morgan fingerprint density at radius 1 is 1.03 bits per heavy atom. The van der Waals surface area contributed by atoms with Crippen molar-refractivity contribution >= 4 is 40.6 Å². The number of nitrogens with one attached hydrogen (secondary N) is 2. The van der Waals surface area contributed by atoms with Crippen molar-refractivity contribution in [1.82, 2.24) is 0 Å². The number of thioether (sulfide) groups is 1. The van der Waals surface area contributed by atoms with Crippen LogP contribution in [0.3, 0.4) is 0 Å². The number of nitrogens with zero attached hydrogens (tertiary/aromatic N) is 1. The summed E-state index contributed by atoms with van der Waals surface area (Å²) in [6.07, 6.45) is 0. The van der Waals surface area contributed by atoms with Crippen molar-refractivity contribution in [3.63, 3.8) is 0 Å². The van der Waals surface area contributed by atoms with Gasteiger partial charge in [0.1, 0.15) is 5.82 Å². The first-order chi connectivity index (χ1) is 15.2. The maximum absolute atomic E-state index is 13.8. The Morgan fingerprint density at radius 2 is 1.78 bits per heavy atom. The van der Waals surface area contributed by atoms with E-state index in [-0.39, 0.29) is 17.2 Å². The fourth-order valence-electron chi connectivity index (χ4n) is 2.84. The molecule has 3 aromatic carbocycles. The number of amides is 2. The van der Waals surface area contributed by atoms with E-state index in [1.165, 1.54) is 42.1 Å². The van der Waals surface area contributed by atoms with Crippen LogP contribution in [0.1, 0.15) is 22.8 Å². The van der Waals surface area contributed by atoms with Crippen molar-refractivity contribution in [2.45, 2.75) is 24.0 Å². The van der Waals surface area contributed by atoms with E-state index in [0.717, 1.165) is 4.90 Å². The summed E-state index contributed by atoms with van der Waals surface area (Å²) in [6.45, 7) is 3.45. The molecule has 0 aromatic heterocycles. The molecule has 32 heavy (non-hydrogen) atoms. The average molecular weight is 453 g/mol. The zero-order valence-electron chi connectivity index (χ0n) is 17.3. The fourth-order valence-corrected chi connectivity index (χ4v) is 3.77. The van der Waals surface area contributed by atoms with Crippen molar-refractivity contribution in [1.29, 1.82) is 0 Å². The van der Waals surface area contributed by atoms with Crippen LogP contribution in [0, 0.1) is 22.9 Å². The molecule has 164 valence electrons. The maximum Gasteiger partial charge on any atom is 0.271 e. The zero-order valence-corrected chi connectivity index (χ0v) is 18.1. The summed E-state index contributed by atoms with van der Waals surface area (Å²) in [4.78, 5) is 36.1. The van der Waals surface area contributed by atoms with Gasteiger partial charge in [0.15, 0.2) is 0 Å². The van der Waals surface area contributed by atoms with E-state index < -0.39 is 21.9 Å². The number of anilines is 2. The Balaban J connectivity index is 1.67. The molecule has 0 aliphatic carbocycles. The molecule has 0 radical (unpaired) electrons. The van der Waals surface area contributed by atoms with Crippen molar-refractivity contribution < 1.29 is 18.9 Å². The predicted octanol–water partition coefficient (Wildman–Crippen LogP) is 5.41. The van der Waals surface area contributed by atoms with Crippen LogP contribution in [0.25, 0.3) is 0 Å². The molecule has 0 fully saturated rings. The molecule has 0 saturated carbocycles. The van der Waals surface area contributed by atoms with Crippen molar-refractivity contribution in [3.8, 4) is 0 Å². The number of halogens is 1. The summed E-state index contributed by atoms with van der Waals surface area (Å²) in [5, 5.41) is 15.8. The first-order valence-electron chi connectivity index (χ1n) is 9.63. The number of aryl methyl sites for hydroxylation is 1. The smallest absolute Gasteiger partial charge is 0.271 e. The number of hydrogen-bond acceptors (Lipinski definition) is 5. The normalized spacial score (nSPS) is 11.5. The minimum atomic E-state index is -0.614. The standard InChI is InChI=1S/C23H20FN3O4S/c1-14-10-11-17(27(30)31)13-21(14)26-22(28)15(2)32-18-7-5-6-16(12-18)25-23(29)19-8-3-4-9-20(19)24/h3-13,15H,1-2H3,(H,25,29)(H,26,28). The molecule has 3 aromatic rings. The molecule has 2 amide bonds. The molecule has 7 nitrogen and oxygen atoms in total. The van der Waals surface area contributed by atoms with Gasteiger partial charge in [-0.25, -0.2) is 4.39 Å². The van der Waals surface area contributed by atoms with Gasteiger partial charge in [-0.15, -0.1) is 11.8 Å². The first-order valence-corrected chi connectivity index (χ1v) is 10.5. The summed E-state index contributed by atoms with van der Waals surface area (Å²) in [5.41, 5.74) is 1.38. The highest BCUT2D eigenvalue weighted by Gasteiger charge is 2.18. The van der Waals surface area contributed by atoms with Gasteiger partial charge in [-0.2, -0.15) is 0 Å². The van der Waals surface area contributed by atoms with Crippen molar-refractivity contribution in [3.05, 3.63) is 93.8 Å². The molecule has 1 unspecified atom stereocenters. The van der Waals surface area contributed by atoms with Crippen LogP contribution in [0.5, 0.6) is 0 Å². The molecule has 0 saturated heterocycles. The van der Waals surface area contributed by atoms with Gasteiger partial charge in [-0.3, -0.25) is 19.7 Å². The van der Waals surface area contributed by atoms with Gasteiger partial charge >= 0.3 is 0 Å². The summed E-state index contributed by atoms with van der Waals surface area (Å²) in [7, 11) is 0. The lowest BCUT2D eigenvalue weighted by atomic mass is 10.2. The second-order valence-electron chi connectivity index (χ2n) is 6.97. The van der Waals surface area contributed by atoms with E-state index in [1.807, 2.05) is 0 Å². The van der Waals surface area contributed by atoms with E-state index >= 15 is 0 Å². The van der Waals surface area contributed by atoms with Crippen LogP contribution < -0.4 is 10.6 Å². The van der Waals surface area contributed by atoms with E-state index in [1.54, 1.807) is 50.2 Å². The first kappa shape index (κ1) is 23.0. The monoisotopic (exact) mass is 453 g/mol. The Bertz CT molecular complexity index is 1190. The van der Waals surface area contributed by atoms with Gasteiger partial charge in [-0.05, 0) is 49.7 Å². The van der Waals surface area contributed by atoms with Gasteiger partial charge in [0.05, 0.1) is 21.4 Å². The maximum atomic E-state index is 13.8. The predicted molar refractivity (Wildman–Crippen MR) is 123 cm³/mol. The molecule has 0 heterocycles. The summed E-state index contributed by atoms with van der Waals surface area (Å²) >= 11 is 1.26. The van der Waals surface area contributed by atoms with Crippen molar-refractivity contribution in [2.24, 2.45) is 0 Å². The number of nitro groups is 1. The number of carbonyl (C=O) groups is 2. The third-order valence-electron chi connectivity index (χ3n) is 4.58. The number of rotatable bonds is 7. The molecule has 0 spiro atoms. The van der Waals surface area contributed by atoms with Gasteiger partial charge in [-0.1, -0.05) is 24.3 Å². The second-order valence-corrected chi connectivity index (χ2v) is 8.38. The topological polar surface area (TPSA) is 101 Å². The van der Waals surface area contributed by atoms with Crippen LogP contribution in [-0.4, -0.2) is 22.0 Å². The quantitative estimate of drug-likeness (QED) is 0.283. The highest BCUT2D eigenvalue weighted by Crippen LogP contribution is 2.28. The van der Waals surface area contributed by atoms with E-state index in [4.69, 9.17) is 0 Å². The van der Waals surface area contributed by atoms with Gasteiger partial charge < -0.3 is 10.6 Å². The van der Waals surface area contributed by atoms with Crippen molar-refractivity contribution in [2.75, 3.05) is 10.6 Å². The third-order valence-corrected chi connectivity index (χ3v) is 5.68. The average Bonchev–Trinajstić information content (AvgIpc) is 2.75. The molecule has 2 N–H and O–H groups in total. The molecule has 0 aliphatic heterocycles. The molecular weight excluding hydrogens is 433 g/mol. The molecular formula is C23H20FN3O4S. The largest absolute Gasteiger partial charge is 0.325 e. The fraction of sp³-hybridized carbons (Fsp3) is 0.130. The van der Waals surface area contributed by atoms with Gasteiger partial charge in [0.2, 0.25) is 5.91 Å². The molecule has 0 aliphatic rings. The Morgan fingerprint density at radius 3 is 2.50 bits per heavy atom. The highest BCUT2D eigenvalue weighted by atomic mass is 32.2. The van der Waals surface area contributed by atoms with Crippen LogP contribution in [0.15, 0.2) is 71.6 Å². The van der Waals surface area contributed by atoms with E-state index in [0.29, 0.717) is 16.9 Å². The highest BCUT2D eigenvalue weighted by molar-refractivity contribution is 8.00. The Labute approximate surface area is 188 Å². The minimum absolute atomic E-state index is 0.0642. The summed E-state index contributed by atoms with van der Waals surface area (Å²) in [5.74, 6) is -1.51. The van der Waals surface area contributed by atoms with Crippen LogP contribution in [-0.2, 0) is 4.79 Å². The van der Waals surface area contributed by atoms with Crippen LogP contribution in [0.2, 0.25) is 0 Å². The van der Waals surface area contributed by atoms with Gasteiger partial charge in [0, 0.05) is 22.7 Å². The molecule has 9 heteroatoms. The lowest BCUT2D eigenvalue weighted by molar-refractivity contribution is -0.384. The Hall–Kier alpha value is -3.72. The summed E-state index contributed by atoms with van der Waals surface area (Å²) in [6, 6.07) is 16.8. The molecule has 0 bridgehead atoms. The summed E-state index contributed by atoms with van der Waals surface area (Å²) < 4.78 is 13.8. The lowest BCUT2D eigenvalue weighted by Gasteiger charge is -2.14. The Kier molecular flexibility index (Phi) is 7.21. The number of carbonyl (C=O) groups excluding carboxylic acids is 2. The minimum Gasteiger partial charge on any atom is -0.325 e.